The number of hydrogen-bond acceptors (Lipinski definition) is 2. The van der Waals surface area contributed by atoms with Gasteiger partial charge in [0.05, 0.1) is 0 Å². The van der Waals surface area contributed by atoms with Crippen molar-refractivity contribution in [3.05, 3.63) is 6.17 Å². The second kappa shape index (κ2) is 4.15. The number of nitrogens with zero attached hydrogens (tertiary/aromatic N) is 1. The molecule has 1 amide bonds. The number of carbonyl (C=O) groups excluding carboxylic acids is 1. The third kappa shape index (κ3) is 3.52. The first-order valence-electron chi connectivity index (χ1n) is 4.86. The third-order valence-corrected chi connectivity index (χ3v) is 1.96. The zero-order chi connectivity index (χ0) is 10.8. The van der Waals surface area contributed by atoms with Gasteiger partial charge in [0.15, 0.2) is 0 Å². The molecule has 3 nitrogen and oxygen atoms in total. The lowest BCUT2D eigenvalue weighted by Crippen LogP contribution is -2.40. The highest BCUT2D eigenvalue weighted by Gasteiger charge is 2.26. The van der Waals surface area contributed by atoms with Crippen LogP contribution in [0.15, 0.2) is 0 Å². The summed E-state index contributed by atoms with van der Waals surface area (Å²) in [7, 11) is 0. The molecule has 4 heteroatoms. The summed E-state index contributed by atoms with van der Waals surface area (Å²) < 4.78 is 17.9. The molecule has 1 rings (SSSR count). The van der Waals surface area contributed by atoms with Crippen LogP contribution < -0.4 is 0 Å². The molecule has 0 N–H and O–H groups in total. The molecule has 0 aromatic heterocycles. The molecule has 81 valence electrons. The molecule has 1 radical (unpaired) electrons. The molecule has 0 spiro atoms. The molecular weight excluding hydrogens is 185 g/mol. The Morgan fingerprint density at radius 1 is 1.36 bits per heavy atom. The molecule has 0 saturated carbocycles. The van der Waals surface area contributed by atoms with Gasteiger partial charge in [-0.25, -0.2) is 9.18 Å². The van der Waals surface area contributed by atoms with Crippen molar-refractivity contribution in [2.75, 3.05) is 13.1 Å². The Kier molecular flexibility index (Phi) is 3.34. The van der Waals surface area contributed by atoms with Crippen molar-refractivity contribution in [1.82, 2.24) is 4.90 Å². The molecular formula is C10H17FNO2. The van der Waals surface area contributed by atoms with E-state index in [4.69, 9.17) is 4.74 Å². The highest BCUT2D eigenvalue weighted by atomic mass is 19.1. The lowest BCUT2D eigenvalue weighted by atomic mass is 10.1. The number of carbonyl (C=O) groups is 1. The van der Waals surface area contributed by atoms with Crippen LogP contribution in [0.1, 0.15) is 33.6 Å². The van der Waals surface area contributed by atoms with Gasteiger partial charge in [-0.1, -0.05) is 0 Å². The summed E-state index contributed by atoms with van der Waals surface area (Å²) in [6.45, 7) is 6.33. The van der Waals surface area contributed by atoms with Gasteiger partial charge >= 0.3 is 6.09 Å². The second-order valence-electron chi connectivity index (χ2n) is 4.48. The topological polar surface area (TPSA) is 29.5 Å². The zero-order valence-electron chi connectivity index (χ0n) is 8.97. The fourth-order valence-corrected chi connectivity index (χ4v) is 1.26. The molecule has 1 aliphatic heterocycles. The molecule has 0 aliphatic carbocycles. The van der Waals surface area contributed by atoms with Gasteiger partial charge in [-0.15, -0.1) is 0 Å². The van der Waals surface area contributed by atoms with Crippen molar-refractivity contribution < 1.29 is 13.9 Å². The minimum absolute atomic E-state index is 0.0233. The number of hydrogen-bond donors (Lipinski definition) is 0. The van der Waals surface area contributed by atoms with Crippen molar-refractivity contribution in [3.63, 3.8) is 0 Å². The first kappa shape index (κ1) is 11.3. The molecule has 1 aliphatic rings. The predicted octanol–water partition coefficient (Wildman–Crippen LogP) is 2.52. The monoisotopic (exact) mass is 202 g/mol. The number of piperidine rings is 1. The highest BCUT2D eigenvalue weighted by molar-refractivity contribution is 5.68. The Labute approximate surface area is 84.2 Å². The van der Waals surface area contributed by atoms with Crippen LogP contribution in [0.4, 0.5) is 9.18 Å². The molecule has 0 atom stereocenters. The van der Waals surface area contributed by atoms with Crippen LogP contribution in [0.2, 0.25) is 0 Å². The van der Waals surface area contributed by atoms with E-state index in [0.29, 0.717) is 25.9 Å². The Bertz CT molecular complexity index is 205. The largest absolute Gasteiger partial charge is 0.444 e. The molecule has 0 aromatic carbocycles. The van der Waals surface area contributed by atoms with E-state index in [1.807, 2.05) is 20.8 Å². The molecule has 0 bridgehead atoms. The molecule has 1 heterocycles. The SMILES string of the molecule is CC(C)(C)OC(=O)N1CC[C](F)CC1. The number of rotatable bonds is 0. The van der Waals surface area contributed by atoms with Gasteiger partial charge in [0.2, 0.25) is 0 Å². The number of amides is 1. The number of ether oxygens (including phenoxy) is 1. The maximum Gasteiger partial charge on any atom is 0.410 e. The second-order valence-corrected chi connectivity index (χ2v) is 4.48. The fraction of sp³-hybridized carbons (Fsp3) is 0.800. The summed E-state index contributed by atoms with van der Waals surface area (Å²) in [5.74, 6) is 0. The van der Waals surface area contributed by atoms with Crippen molar-refractivity contribution in [1.29, 1.82) is 0 Å². The first-order chi connectivity index (χ1) is 6.38. The first-order valence-corrected chi connectivity index (χ1v) is 4.86. The smallest absolute Gasteiger partial charge is 0.410 e. The molecule has 1 fully saturated rings. The maximum absolute atomic E-state index is 12.7. The Balaban J connectivity index is 2.38. The van der Waals surface area contributed by atoms with E-state index in [0.717, 1.165) is 0 Å². The summed E-state index contributed by atoms with van der Waals surface area (Å²) in [5.41, 5.74) is -0.475. The van der Waals surface area contributed by atoms with Gasteiger partial charge in [-0.05, 0) is 20.8 Å². The van der Waals surface area contributed by atoms with Crippen LogP contribution in [0, 0.1) is 6.17 Å². The van der Waals surface area contributed by atoms with Gasteiger partial charge in [0.1, 0.15) is 11.8 Å². The standard InChI is InChI=1S/C10H17FNO2/c1-10(2,3)14-9(13)12-6-4-8(11)5-7-12/h4-7H2,1-3H3. The van der Waals surface area contributed by atoms with E-state index in [1.54, 1.807) is 4.90 Å². The van der Waals surface area contributed by atoms with Gasteiger partial charge in [0, 0.05) is 25.9 Å². The van der Waals surface area contributed by atoms with E-state index < -0.39 is 5.60 Å². The lowest BCUT2D eigenvalue weighted by molar-refractivity contribution is 0.0209. The minimum Gasteiger partial charge on any atom is -0.444 e. The third-order valence-electron chi connectivity index (χ3n) is 1.96. The van der Waals surface area contributed by atoms with E-state index in [9.17, 15) is 9.18 Å². The molecule has 14 heavy (non-hydrogen) atoms. The lowest BCUT2D eigenvalue weighted by Gasteiger charge is -2.30. The van der Waals surface area contributed by atoms with Gasteiger partial charge in [-0.3, -0.25) is 0 Å². The van der Waals surface area contributed by atoms with E-state index in [-0.39, 0.29) is 12.3 Å². The van der Waals surface area contributed by atoms with Crippen molar-refractivity contribution in [2.24, 2.45) is 0 Å². The summed E-state index contributed by atoms with van der Waals surface area (Å²) in [6, 6.07) is 0. The minimum atomic E-state index is -0.475. The van der Waals surface area contributed by atoms with E-state index in [1.165, 1.54) is 0 Å². The quantitative estimate of drug-likeness (QED) is 0.604. The highest BCUT2D eigenvalue weighted by Crippen LogP contribution is 2.21. The Morgan fingerprint density at radius 2 is 1.86 bits per heavy atom. The maximum atomic E-state index is 12.7. The van der Waals surface area contributed by atoms with Crippen LogP contribution in [0.25, 0.3) is 0 Å². The van der Waals surface area contributed by atoms with Crippen LogP contribution >= 0.6 is 0 Å². The number of halogens is 1. The van der Waals surface area contributed by atoms with Crippen LogP contribution in [0.5, 0.6) is 0 Å². The Morgan fingerprint density at radius 3 is 2.29 bits per heavy atom. The average molecular weight is 202 g/mol. The van der Waals surface area contributed by atoms with Gasteiger partial charge in [-0.2, -0.15) is 0 Å². The van der Waals surface area contributed by atoms with E-state index >= 15 is 0 Å². The Hall–Kier alpha value is -0.800. The van der Waals surface area contributed by atoms with Crippen molar-refractivity contribution in [2.45, 2.75) is 39.2 Å². The number of likely N-dealkylation sites (tertiary alicyclic amines) is 1. The van der Waals surface area contributed by atoms with Crippen LogP contribution in [-0.4, -0.2) is 29.7 Å². The van der Waals surface area contributed by atoms with Crippen LogP contribution in [0.3, 0.4) is 0 Å². The predicted molar refractivity (Wildman–Crippen MR) is 51.4 cm³/mol. The van der Waals surface area contributed by atoms with Gasteiger partial charge < -0.3 is 9.64 Å². The van der Waals surface area contributed by atoms with Crippen molar-refractivity contribution >= 4 is 6.09 Å². The summed E-state index contributed by atoms with van der Waals surface area (Å²) >= 11 is 0. The average Bonchev–Trinajstić information content (AvgIpc) is 2.02. The summed E-state index contributed by atoms with van der Waals surface area (Å²) in [6.07, 6.45) is 0.327. The molecule has 1 saturated heterocycles. The van der Waals surface area contributed by atoms with Crippen molar-refractivity contribution in [3.8, 4) is 0 Å². The summed E-state index contributed by atoms with van der Waals surface area (Å²) in [4.78, 5) is 13.0. The molecule has 0 unspecified atom stereocenters. The van der Waals surface area contributed by atoms with Crippen LogP contribution in [-0.2, 0) is 4.74 Å². The fourth-order valence-electron chi connectivity index (χ4n) is 1.26. The summed E-state index contributed by atoms with van der Waals surface area (Å²) in [5, 5.41) is 0. The zero-order valence-corrected chi connectivity index (χ0v) is 8.97. The van der Waals surface area contributed by atoms with E-state index in [2.05, 4.69) is 0 Å². The van der Waals surface area contributed by atoms with Gasteiger partial charge in [0.25, 0.3) is 0 Å². The normalized spacial score (nSPS) is 19.6. The molecule has 0 aromatic rings.